The van der Waals surface area contributed by atoms with Crippen molar-refractivity contribution < 1.29 is 24.6 Å². The molecule has 2 aromatic carbocycles. The second kappa shape index (κ2) is 11.1. The number of hydrazine groups is 1. The van der Waals surface area contributed by atoms with E-state index in [4.69, 9.17) is 16.1 Å². The maximum absolute atomic E-state index is 12.3. The molecule has 4 aromatic rings. The van der Waals surface area contributed by atoms with Crippen LogP contribution in [0.25, 0.3) is 22.2 Å². The number of aliphatic carboxylic acids is 1. The van der Waals surface area contributed by atoms with E-state index in [2.05, 4.69) is 32.6 Å². The number of nitrogens with zero attached hydrogens (tertiary/aromatic N) is 2. The number of aromatic nitrogens is 2. The number of carbonyl (C=O) groups excluding carboxylic acids is 2. The largest absolute Gasteiger partial charge is 0.480 e. The summed E-state index contributed by atoms with van der Waals surface area (Å²) >= 11 is 0. The molecule has 1 atom stereocenters. The SMILES string of the molecule is NNC(=O)c1cc(-c2ccc(C#Cc3ccc(C(=O)NC(CO)C(=O)O)cc3)cc2)nc2ccncc12. The van der Waals surface area contributed by atoms with E-state index in [1.54, 1.807) is 36.7 Å². The second-order valence-corrected chi connectivity index (χ2v) is 7.87. The van der Waals surface area contributed by atoms with E-state index in [0.29, 0.717) is 27.7 Å². The molecule has 0 spiro atoms. The van der Waals surface area contributed by atoms with Crippen LogP contribution >= 0.6 is 0 Å². The van der Waals surface area contributed by atoms with Gasteiger partial charge < -0.3 is 15.5 Å². The number of carbonyl (C=O) groups is 3. The Morgan fingerprint density at radius 3 is 2.19 bits per heavy atom. The molecule has 6 N–H and O–H groups in total. The number of carboxylic acids is 1. The quantitative estimate of drug-likeness (QED) is 0.116. The predicted molar refractivity (Wildman–Crippen MR) is 135 cm³/mol. The van der Waals surface area contributed by atoms with Crippen molar-refractivity contribution in [1.82, 2.24) is 20.7 Å². The lowest BCUT2D eigenvalue weighted by atomic mass is 10.0. The first kappa shape index (κ1) is 25.0. The summed E-state index contributed by atoms with van der Waals surface area (Å²) in [6, 6.07) is 15.7. The highest BCUT2D eigenvalue weighted by molar-refractivity contribution is 6.06. The first-order valence-electron chi connectivity index (χ1n) is 11.0. The Labute approximate surface area is 211 Å². The molecule has 184 valence electrons. The van der Waals surface area contributed by atoms with Crippen LogP contribution < -0.4 is 16.6 Å². The molecule has 1 unspecified atom stereocenters. The summed E-state index contributed by atoms with van der Waals surface area (Å²) in [6.07, 6.45) is 3.17. The van der Waals surface area contributed by atoms with Gasteiger partial charge in [-0.1, -0.05) is 24.0 Å². The normalized spacial score (nSPS) is 11.2. The second-order valence-electron chi connectivity index (χ2n) is 7.87. The number of benzene rings is 2. The van der Waals surface area contributed by atoms with Gasteiger partial charge in [0.15, 0.2) is 6.04 Å². The summed E-state index contributed by atoms with van der Waals surface area (Å²) in [5.41, 5.74) is 6.15. The molecule has 0 radical (unpaired) electrons. The molecule has 0 saturated heterocycles. The van der Waals surface area contributed by atoms with Crippen LogP contribution in [0.3, 0.4) is 0 Å². The number of aliphatic hydroxyl groups excluding tert-OH is 1. The third-order valence-corrected chi connectivity index (χ3v) is 5.45. The van der Waals surface area contributed by atoms with Gasteiger partial charge in [-0.2, -0.15) is 0 Å². The first-order chi connectivity index (χ1) is 17.9. The summed E-state index contributed by atoms with van der Waals surface area (Å²) in [6.45, 7) is -0.706. The molecule has 2 amide bonds. The molecule has 0 fully saturated rings. The van der Waals surface area contributed by atoms with Crippen molar-refractivity contribution in [3.63, 3.8) is 0 Å². The molecule has 0 aliphatic heterocycles. The van der Waals surface area contributed by atoms with Crippen molar-refractivity contribution in [2.24, 2.45) is 5.84 Å². The number of amides is 2. The van der Waals surface area contributed by atoms with Gasteiger partial charge in [0.1, 0.15) is 0 Å². The van der Waals surface area contributed by atoms with E-state index in [0.717, 1.165) is 11.1 Å². The molecule has 10 heteroatoms. The van der Waals surface area contributed by atoms with Crippen molar-refractivity contribution in [3.05, 3.63) is 95.3 Å². The maximum Gasteiger partial charge on any atom is 0.328 e. The summed E-state index contributed by atoms with van der Waals surface area (Å²) in [4.78, 5) is 44.1. The molecule has 0 bridgehead atoms. The van der Waals surface area contributed by atoms with Crippen LogP contribution in [-0.2, 0) is 4.79 Å². The molecular formula is C27H21N5O5. The van der Waals surface area contributed by atoms with Crippen LogP contribution in [0.5, 0.6) is 0 Å². The predicted octanol–water partition coefficient (Wildman–Crippen LogP) is 1.48. The van der Waals surface area contributed by atoms with E-state index in [9.17, 15) is 14.4 Å². The van der Waals surface area contributed by atoms with Gasteiger partial charge in [0, 0.05) is 40.0 Å². The Balaban J connectivity index is 1.51. The van der Waals surface area contributed by atoms with Crippen molar-refractivity contribution >= 4 is 28.7 Å². The van der Waals surface area contributed by atoms with Crippen LogP contribution in [0.4, 0.5) is 0 Å². The standard InChI is InChI=1S/C27H21N5O5/c28-32-26(35)20-13-23(30-22-11-12-29-14-21(20)22)18-7-3-16(4-8-18)1-2-17-5-9-19(10-6-17)25(34)31-24(15-33)27(36)37/h3-14,24,33H,15,28H2,(H,31,34)(H,32,35)(H,36,37). The third-order valence-electron chi connectivity index (χ3n) is 5.45. The molecule has 2 heterocycles. The highest BCUT2D eigenvalue weighted by Crippen LogP contribution is 2.24. The number of hydrogen-bond acceptors (Lipinski definition) is 7. The lowest BCUT2D eigenvalue weighted by molar-refractivity contribution is -0.140. The number of fused-ring (bicyclic) bond motifs is 1. The fourth-order valence-electron chi connectivity index (χ4n) is 3.48. The number of hydrogen-bond donors (Lipinski definition) is 5. The van der Waals surface area contributed by atoms with Crippen LogP contribution in [0.1, 0.15) is 31.8 Å². The molecule has 0 saturated carbocycles. The Hall–Kier alpha value is -5.11. The average molecular weight is 495 g/mol. The highest BCUT2D eigenvalue weighted by Gasteiger charge is 2.19. The fraction of sp³-hybridized carbons (Fsp3) is 0.0741. The molecule has 10 nitrogen and oxygen atoms in total. The van der Waals surface area contributed by atoms with Gasteiger partial charge in [0.05, 0.1) is 23.4 Å². The molecule has 37 heavy (non-hydrogen) atoms. The molecule has 0 aliphatic carbocycles. The van der Waals surface area contributed by atoms with E-state index in [1.807, 2.05) is 24.3 Å². The number of nitrogen functional groups attached to an aromatic ring is 1. The van der Waals surface area contributed by atoms with E-state index >= 15 is 0 Å². The minimum atomic E-state index is -1.37. The van der Waals surface area contributed by atoms with Crippen molar-refractivity contribution in [1.29, 1.82) is 0 Å². The number of nitrogens with one attached hydrogen (secondary N) is 2. The van der Waals surface area contributed by atoms with Gasteiger partial charge in [-0.05, 0) is 48.5 Å². The van der Waals surface area contributed by atoms with Gasteiger partial charge in [-0.15, -0.1) is 0 Å². The van der Waals surface area contributed by atoms with Crippen LogP contribution in [0.2, 0.25) is 0 Å². The lowest BCUT2D eigenvalue weighted by Gasteiger charge is -2.11. The van der Waals surface area contributed by atoms with Crippen molar-refractivity contribution in [2.45, 2.75) is 6.04 Å². The van der Waals surface area contributed by atoms with Gasteiger partial charge in [-0.3, -0.25) is 20.0 Å². The third kappa shape index (κ3) is 5.76. The van der Waals surface area contributed by atoms with Gasteiger partial charge in [0.2, 0.25) is 0 Å². The topological polar surface area (TPSA) is 168 Å². The van der Waals surface area contributed by atoms with E-state index in [1.165, 1.54) is 12.1 Å². The number of nitrogens with two attached hydrogens (primary N) is 1. The summed E-state index contributed by atoms with van der Waals surface area (Å²) in [5, 5.41) is 20.8. The lowest BCUT2D eigenvalue weighted by Crippen LogP contribution is -2.43. The van der Waals surface area contributed by atoms with Gasteiger partial charge >= 0.3 is 5.97 Å². The van der Waals surface area contributed by atoms with Crippen LogP contribution in [0, 0.1) is 11.8 Å². The monoisotopic (exact) mass is 495 g/mol. The Kier molecular flexibility index (Phi) is 7.49. The van der Waals surface area contributed by atoms with E-state index < -0.39 is 30.4 Å². The summed E-state index contributed by atoms with van der Waals surface area (Å²) in [7, 11) is 0. The maximum atomic E-state index is 12.3. The van der Waals surface area contributed by atoms with E-state index in [-0.39, 0.29) is 5.56 Å². The van der Waals surface area contributed by atoms with Crippen molar-refractivity contribution in [3.8, 4) is 23.1 Å². The molecule has 2 aromatic heterocycles. The van der Waals surface area contributed by atoms with Crippen molar-refractivity contribution in [2.75, 3.05) is 6.61 Å². The van der Waals surface area contributed by atoms with Crippen LogP contribution in [-0.4, -0.2) is 50.6 Å². The zero-order valence-electron chi connectivity index (χ0n) is 19.3. The van der Waals surface area contributed by atoms with Crippen LogP contribution in [0.15, 0.2) is 73.1 Å². The summed E-state index contributed by atoms with van der Waals surface area (Å²) in [5.74, 6) is 9.02. The minimum Gasteiger partial charge on any atom is -0.480 e. The molecule has 4 rings (SSSR count). The Bertz CT molecular complexity index is 1540. The number of rotatable bonds is 6. The average Bonchev–Trinajstić information content (AvgIpc) is 2.94. The highest BCUT2D eigenvalue weighted by atomic mass is 16.4. The number of carboxylic acid groups (broad SMARTS) is 1. The van der Waals surface area contributed by atoms with Gasteiger partial charge in [-0.25, -0.2) is 15.6 Å². The Morgan fingerprint density at radius 2 is 1.59 bits per heavy atom. The number of aliphatic hydroxyl groups is 1. The smallest absolute Gasteiger partial charge is 0.328 e. The Morgan fingerprint density at radius 1 is 0.946 bits per heavy atom. The zero-order valence-corrected chi connectivity index (χ0v) is 19.3. The fourth-order valence-corrected chi connectivity index (χ4v) is 3.48. The summed E-state index contributed by atoms with van der Waals surface area (Å²) < 4.78 is 0. The minimum absolute atomic E-state index is 0.246. The zero-order chi connectivity index (χ0) is 26.4. The van der Waals surface area contributed by atoms with Gasteiger partial charge in [0.25, 0.3) is 11.8 Å². The first-order valence-corrected chi connectivity index (χ1v) is 11.0. The molecule has 0 aliphatic rings. The molecular weight excluding hydrogens is 474 g/mol. The number of pyridine rings is 2.